The Kier molecular flexibility index (Phi) is 4.85. The molecule has 3 rings (SSSR count). The molecule has 2 aliphatic rings. The van der Waals surface area contributed by atoms with Gasteiger partial charge in [0.1, 0.15) is 0 Å². The van der Waals surface area contributed by atoms with E-state index in [-0.39, 0.29) is 12.1 Å². The first-order valence-electron chi connectivity index (χ1n) is 8.80. The number of carbonyl (C=O) groups is 2. The fraction of sp³-hybridized carbons (Fsp3) is 0.556. The van der Waals surface area contributed by atoms with E-state index in [0.717, 1.165) is 17.7 Å². The maximum atomic E-state index is 12.6. The van der Waals surface area contributed by atoms with Crippen LogP contribution < -0.4 is 15.5 Å². The van der Waals surface area contributed by atoms with Crippen LogP contribution in [0.4, 0.5) is 21.0 Å². The fourth-order valence-electron chi connectivity index (χ4n) is 3.35. The highest BCUT2D eigenvalue weighted by atomic mass is 16.3. The standard InChI is InChI=1S/C18H26N4O3/c1-13-4-5-14(12-15(13)22-11-8-19-16(22)23)20-17(24)21-9-3-6-18(2,25)7-10-21/h4-5,12,25H,3,6-11H2,1-2H3,(H,19,23)(H,20,24). The van der Waals surface area contributed by atoms with Crippen molar-refractivity contribution in [3.63, 3.8) is 0 Å². The van der Waals surface area contributed by atoms with Crippen LogP contribution in [0.25, 0.3) is 0 Å². The van der Waals surface area contributed by atoms with Crippen molar-refractivity contribution in [2.24, 2.45) is 0 Å². The first kappa shape index (κ1) is 17.5. The number of nitrogens with zero attached hydrogens (tertiary/aromatic N) is 2. The minimum Gasteiger partial charge on any atom is -0.390 e. The van der Waals surface area contributed by atoms with Crippen molar-refractivity contribution in [1.82, 2.24) is 10.2 Å². The molecule has 1 aromatic carbocycles. The van der Waals surface area contributed by atoms with Crippen LogP contribution >= 0.6 is 0 Å². The predicted octanol–water partition coefficient (Wildman–Crippen LogP) is 2.29. The molecule has 7 nitrogen and oxygen atoms in total. The number of rotatable bonds is 2. The van der Waals surface area contributed by atoms with Crippen molar-refractivity contribution in [3.05, 3.63) is 23.8 Å². The van der Waals surface area contributed by atoms with Crippen molar-refractivity contribution < 1.29 is 14.7 Å². The molecule has 0 bridgehead atoms. The summed E-state index contributed by atoms with van der Waals surface area (Å²) in [5.41, 5.74) is 1.77. The van der Waals surface area contributed by atoms with Crippen molar-refractivity contribution in [2.75, 3.05) is 36.4 Å². The van der Waals surface area contributed by atoms with E-state index in [1.807, 2.05) is 32.0 Å². The smallest absolute Gasteiger partial charge is 0.322 e. The Labute approximate surface area is 148 Å². The van der Waals surface area contributed by atoms with Crippen LogP contribution in [-0.2, 0) is 0 Å². The number of urea groups is 2. The van der Waals surface area contributed by atoms with Crippen molar-refractivity contribution in [2.45, 2.75) is 38.7 Å². The van der Waals surface area contributed by atoms with E-state index in [1.165, 1.54) is 0 Å². The summed E-state index contributed by atoms with van der Waals surface area (Å²) in [5, 5.41) is 15.9. The Morgan fingerprint density at radius 1 is 1.28 bits per heavy atom. The molecule has 2 heterocycles. The second kappa shape index (κ2) is 6.92. The second-order valence-electron chi connectivity index (χ2n) is 7.15. The number of carbonyl (C=O) groups excluding carboxylic acids is 2. The lowest BCUT2D eigenvalue weighted by molar-refractivity contribution is 0.0458. The van der Waals surface area contributed by atoms with Crippen LogP contribution in [0.5, 0.6) is 0 Å². The molecule has 3 N–H and O–H groups in total. The highest BCUT2D eigenvalue weighted by molar-refractivity contribution is 5.96. The molecule has 0 radical (unpaired) electrons. The van der Waals surface area contributed by atoms with E-state index in [2.05, 4.69) is 10.6 Å². The van der Waals surface area contributed by atoms with Gasteiger partial charge in [-0.25, -0.2) is 9.59 Å². The normalized spacial score (nSPS) is 24.0. The zero-order valence-electron chi connectivity index (χ0n) is 14.8. The number of hydrogen-bond acceptors (Lipinski definition) is 3. The number of nitrogens with one attached hydrogen (secondary N) is 2. The molecular weight excluding hydrogens is 320 g/mol. The van der Waals surface area contributed by atoms with Gasteiger partial charge in [0.2, 0.25) is 0 Å². The van der Waals surface area contributed by atoms with Crippen molar-refractivity contribution in [3.8, 4) is 0 Å². The molecule has 25 heavy (non-hydrogen) atoms. The third-order valence-corrected chi connectivity index (χ3v) is 4.96. The fourth-order valence-corrected chi connectivity index (χ4v) is 3.35. The van der Waals surface area contributed by atoms with Gasteiger partial charge >= 0.3 is 12.1 Å². The summed E-state index contributed by atoms with van der Waals surface area (Å²) in [6.45, 7) is 6.19. The molecule has 0 spiro atoms. The van der Waals surface area contributed by atoms with Gasteiger partial charge in [-0.2, -0.15) is 0 Å². The van der Waals surface area contributed by atoms with Gasteiger partial charge in [0, 0.05) is 31.9 Å². The minimum absolute atomic E-state index is 0.110. The molecule has 1 aromatic rings. The monoisotopic (exact) mass is 346 g/mol. The summed E-state index contributed by atoms with van der Waals surface area (Å²) >= 11 is 0. The molecule has 1 unspecified atom stereocenters. The Morgan fingerprint density at radius 3 is 2.80 bits per heavy atom. The maximum absolute atomic E-state index is 12.6. The van der Waals surface area contributed by atoms with Crippen LogP contribution in [0.3, 0.4) is 0 Å². The van der Waals surface area contributed by atoms with E-state index in [0.29, 0.717) is 44.7 Å². The number of anilines is 2. The van der Waals surface area contributed by atoms with E-state index >= 15 is 0 Å². The molecule has 2 fully saturated rings. The van der Waals surface area contributed by atoms with E-state index in [1.54, 1.807) is 9.80 Å². The van der Waals surface area contributed by atoms with Gasteiger partial charge in [0.15, 0.2) is 0 Å². The highest BCUT2D eigenvalue weighted by Gasteiger charge is 2.27. The molecule has 1 atom stereocenters. The van der Waals surface area contributed by atoms with E-state index in [4.69, 9.17) is 0 Å². The summed E-state index contributed by atoms with van der Waals surface area (Å²) in [4.78, 5) is 27.9. The molecular formula is C18H26N4O3. The molecule has 2 aliphatic heterocycles. The first-order valence-corrected chi connectivity index (χ1v) is 8.80. The summed E-state index contributed by atoms with van der Waals surface area (Å²) in [7, 11) is 0. The van der Waals surface area contributed by atoms with Crippen LogP contribution in [0.15, 0.2) is 18.2 Å². The molecule has 0 aromatic heterocycles. The quantitative estimate of drug-likeness (QED) is 0.768. The topological polar surface area (TPSA) is 84.9 Å². The third-order valence-electron chi connectivity index (χ3n) is 4.96. The lowest BCUT2D eigenvalue weighted by Crippen LogP contribution is -2.36. The number of likely N-dealkylation sites (tertiary alicyclic amines) is 1. The predicted molar refractivity (Wildman–Crippen MR) is 97.0 cm³/mol. The Morgan fingerprint density at radius 2 is 2.08 bits per heavy atom. The van der Waals surface area contributed by atoms with Gasteiger partial charge in [-0.3, -0.25) is 4.90 Å². The van der Waals surface area contributed by atoms with Gasteiger partial charge in [-0.15, -0.1) is 0 Å². The molecule has 0 saturated carbocycles. The number of benzene rings is 1. The van der Waals surface area contributed by atoms with Gasteiger partial charge in [-0.1, -0.05) is 6.07 Å². The summed E-state index contributed by atoms with van der Waals surface area (Å²) < 4.78 is 0. The summed E-state index contributed by atoms with van der Waals surface area (Å²) in [5.74, 6) is 0. The van der Waals surface area contributed by atoms with Crippen LogP contribution in [-0.4, -0.2) is 53.8 Å². The zero-order chi connectivity index (χ0) is 18.0. The van der Waals surface area contributed by atoms with Gasteiger partial charge in [0.25, 0.3) is 0 Å². The Balaban J connectivity index is 1.70. The average molecular weight is 346 g/mol. The van der Waals surface area contributed by atoms with Crippen LogP contribution in [0, 0.1) is 6.92 Å². The Bertz CT molecular complexity index is 674. The number of aliphatic hydroxyl groups is 1. The van der Waals surface area contributed by atoms with Crippen LogP contribution in [0.2, 0.25) is 0 Å². The maximum Gasteiger partial charge on any atom is 0.322 e. The number of hydrogen-bond donors (Lipinski definition) is 3. The minimum atomic E-state index is -0.699. The second-order valence-corrected chi connectivity index (χ2v) is 7.15. The van der Waals surface area contributed by atoms with Crippen molar-refractivity contribution in [1.29, 1.82) is 0 Å². The van der Waals surface area contributed by atoms with E-state index in [9.17, 15) is 14.7 Å². The van der Waals surface area contributed by atoms with E-state index < -0.39 is 5.60 Å². The summed E-state index contributed by atoms with van der Waals surface area (Å²) in [6, 6.07) is 5.31. The third kappa shape index (κ3) is 4.04. The van der Waals surface area contributed by atoms with Gasteiger partial charge in [0.05, 0.1) is 11.3 Å². The lowest BCUT2D eigenvalue weighted by Gasteiger charge is -2.23. The average Bonchev–Trinajstić information content (AvgIpc) is 2.88. The number of amides is 4. The molecule has 7 heteroatoms. The van der Waals surface area contributed by atoms with Crippen LogP contribution in [0.1, 0.15) is 31.7 Å². The zero-order valence-corrected chi connectivity index (χ0v) is 14.8. The Hall–Kier alpha value is -2.28. The highest BCUT2D eigenvalue weighted by Crippen LogP contribution is 2.26. The lowest BCUT2D eigenvalue weighted by atomic mass is 9.98. The van der Waals surface area contributed by atoms with Gasteiger partial charge < -0.3 is 20.6 Å². The largest absolute Gasteiger partial charge is 0.390 e. The first-order chi connectivity index (χ1) is 11.9. The molecule has 0 aliphatic carbocycles. The van der Waals surface area contributed by atoms with Gasteiger partial charge in [-0.05, 0) is 50.8 Å². The molecule has 2 saturated heterocycles. The number of aryl methyl sites for hydroxylation is 1. The SMILES string of the molecule is Cc1ccc(NC(=O)N2CCCC(C)(O)CC2)cc1N1CCNC1=O. The molecule has 4 amide bonds. The molecule has 136 valence electrons. The van der Waals surface area contributed by atoms with Crippen molar-refractivity contribution >= 4 is 23.4 Å². The summed E-state index contributed by atoms with van der Waals surface area (Å²) in [6.07, 6.45) is 2.07.